The van der Waals surface area contributed by atoms with E-state index in [1.807, 2.05) is 0 Å². The number of hydrogen-bond donors (Lipinski definition) is 3. The summed E-state index contributed by atoms with van der Waals surface area (Å²) in [5.74, 6) is 0.0168. The summed E-state index contributed by atoms with van der Waals surface area (Å²) in [6, 6.07) is 8.41. The van der Waals surface area contributed by atoms with E-state index >= 15 is 0 Å². The van der Waals surface area contributed by atoms with E-state index in [1.54, 1.807) is 24.3 Å². The van der Waals surface area contributed by atoms with Gasteiger partial charge in [-0.15, -0.1) is 0 Å². The van der Waals surface area contributed by atoms with Gasteiger partial charge in [0, 0.05) is 6.07 Å². The van der Waals surface area contributed by atoms with E-state index in [9.17, 15) is 10.3 Å². The smallest absolute Gasteiger partial charge is 0.394 e. The van der Waals surface area contributed by atoms with E-state index in [0.29, 0.717) is 10.2 Å². The number of phenols is 1. The SMILES string of the molecule is O=S(=O)(O)O.[O-][n+]1cccc2cccc(O)c21. The number of aromatic hydroxyl groups is 1. The van der Waals surface area contributed by atoms with Gasteiger partial charge in [-0.3, -0.25) is 9.11 Å². The lowest BCUT2D eigenvalue weighted by Gasteiger charge is -2.01. The molecule has 2 aromatic rings. The van der Waals surface area contributed by atoms with Gasteiger partial charge in [0.05, 0.1) is 5.39 Å². The molecular weight excluding hydrogens is 250 g/mol. The Morgan fingerprint density at radius 2 is 1.65 bits per heavy atom. The predicted molar refractivity (Wildman–Crippen MR) is 58.8 cm³/mol. The van der Waals surface area contributed by atoms with Gasteiger partial charge in [0.2, 0.25) is 0 Å². The Bertz CT molecular complexity index is 580. The number of rotatable bonds is 0. The van der Waals surface area contributed by atoms with Crippen LogP contribution in [0.25, 0.3) is 10.9 Å². The number of fused-ring (bicyclic) bond motifs is 1. The highest BCUT2D eigenvalue weighted by molar-refractivity contribution is 7.79. The molecule has 17 heavy (non-hydrogen) atoms. The average Bonchev–Trinajstić information content (AvgIpc) is 2.15. The lowest BCUT2D eigenvalue weighted by Crippen LogP contribution is -2.25. The minimum absolute atomic E-state index is 0.0168. The highest BCUT2D eigenvalue weighted by atomic mass is 32.3. The van der Waals surface area contributed by atoms with Crippen LogP contribution in [0.4, 0.5) is 0 Å². The van der Waals surface area contributed by atoms with Crippen molar-refractivity contribution in [2.45, 2.75) is 0 Å². The number of phenolic OH excluding ortho intramolecular Hbond substituents is 1. The second kappa shape index (κ2) is 4.95. The second-order valence-corrected chi connectivity index (χ2v) is 3.89. The Morgan fingerprint density at radius 1 is 1.12 bits per heavy atom. The quantitative estimate of drug-likeness (QED) is 0.360. The van der Waals surface area contributed by atoms with Crippen molar-refractivity contribution < 1.29 is 27.4 Å². The van der Waals surface area contributed by atoms with Gasteiger partial charge < -0.3 is 10.3 Å². The number of nitrogens with zero attached hydrogens (tertiary/aromatic N) is 1. The lowest BCUT2D eigenvalue weighted by molar-refractivity contribution is -0.577. The molecule has 0 spiro atoms. The molecule has 0 saturated carbocycles. The minimum Gasteiger partial charge on any atom is -0.618 e. The van der Waals surface area contributed by atoms with Crippen LogP contribution in [-0.4, -0.2) is 22.6 Å². The van der Waals surface area contributed by atoms with Crippen molar-refractivity contribution in [1.29, 1.82) is 0 Å². The maximum Gasteiger partial charge on any atom is 0.394 e. The van der Waals surface area contributed by atoms with Crippen molar-refractivity contribution in [2.24, 2.45) is 0 Å². The maximum atomic E-state index is 11.2. The van der Waals surface area contributed by atoms with E-state index in [2.05, 4.69) is 0 Å². The third kappa shape index (κ3) is 4.23. The highest BCUT2D eigenvalue weighted by Crippen LogP contribution is 2.19. The Morgan fingerprint density at radius 3 is 2.18 bits per heavy atom. The van der Waals surface area contributed by atoms with Gasteiger partial charge in [-0.25, -0.2) is 0 Å². The largest absolute Gasteiger partial charge is 0.618 e. The monoisotopic (exact) mass is 259 g/mol. The zero-order chi connectivity index (χ0) is 13.1. The number of hydrogen-bond acceptors (Lipinski definition) is 4. The molecule has 2 rings (SSSR count). The Labute approximate surface area is 96.7 Å². The van der Waals surface area contributed by atoms with Crippen LogP contribution in [0.1, 0.15) is 0 Å². The number of pyridine rings is 1. The van der Waals surface area contributed by atoms with Crippen LogP contribution in [0.15, 0.2) is 36.5 Å². The third-order valence-corrected chi connectivity index (χ3v) is 1.76. The van der Waals surface area contributed by atoms with Gasteiger partial charge in [-0.1, -0.05) is 6.07 Å². The van der Waals surface area contributed by atoms with Crippen molar-refractivity contribution in [3.8, 4) is 5.75 Å². The standard InChI is InChI=1S/C9H7NO2.H2O4S/c11-8-5-1-3-7-4-2-6-10(12)9(7)8;1-5(2,3)4/h1-6,11H;(H2,1,2,3,4). The van der Waals surface area contributed by atoms with E-state index in [0.717, 1.165) is 5.39 Å². The van der Waals surface area contributed by atoms with Crippen LogP contribution >= 0.6 is 0 Å². The molecule has 0 saturated heterocycles. The van der Waals surface area contributed by atoms with Crippen LogP contribution in [0.5, 0.6) is 5.75 Å². The average molecular weight is 259 g/mol. The van der Waals surface area contributed by atoms with Crippen LogP contribution < -0.4 is 4.73 Å². The van der Waals surface area contributed by atoms with E-state index < -0.39 is 10.4 Å². The number of benzene rings is 1. The fourth-order valence-electron chi connectivity index (χ4n) is 1.22. The van der Waals surface area contributed by atoms with Gasteiger partial charge in [0.15, 0.2) is 11.9 Å². The molecule has 0 amide bonds. The molecule has 1 aromatic carbocycles. The molecule has 0 fully saturated rings. The number of aromatic nitrogens is 1. The zero-order valence-corrected chi connectivity index (χ0v) is 9.20. The molecule has 0 aliphatic rings. The minimum atomic E-state index is -4.67. The molecule has 1 aromatic heterocycles. The Hall–Kier alpha value is -1.90. The zero-order valence-electron chi connectivity index (χ0n) is 8.39. The first kappa shape index (κ1) is 13.2. The van der Waals surface area contributed by atoms with Crippen molar-refractivity contribution in [2.75, 3.05) is 0 Å². The van der Waals surface area contributed by atoms with Crippen LogP contribution in [0, 0.1) is 5.21 Å². The summed E-state index contributed by atoms with van der Waals surface area (Å²) >= 11 is 0. The highest BCUT2D eigenvalue weighted by Gasteiger charge is 2.06. The van der Waals surface area contributed by atoms with E-state index in [4.69, 9.17) is 17.5 Å². The molecule has 0 unspecified atom stereocenters. The third-order valence-electron chi connectivity index (χ3n) is 1.76. The summed E-state index contributed by atoms with van der Waals surface area (Å²) in [4.78, 5) is 0. The summed E-state index contributed by atoms with van der Waals surface area (Å²) in [6.45, 7) is 0. The van der Waals surface area contributed by atoms with Gasteiger partial charge in [0.1, 0.15) is 0 Å². The van der Waals surface area contributed by atoms with Crippen molar-refractivity contribution >= 4 is 21.3 Å². The summed E-state index contributed by atoms with van der Waals surface area (Å²) in [7, 11) is -4.67. The molecule has 3 N–H and O–H groups in total. The molecule has 0 aliphatic heterocycles. The van der Waals surface area contributed by atoms with Crippen LogP contribution in [-0.2, 0) is 10.4 Å². The molecule has 7 nitrogen and oxygen atoms in total. The van der Waals surface area contributed by atoms with Gasteiger partial charge in [0.25, 0.3) is 5.52 Å². The van der Waals surface area contributed by atoms with Crippen LogP contribution in [0.2, 0.25) is 0 Å². The van der Waals surface area contributed by atoms with Crippen molar-refractivity contribution in [3.05, 3.63) is 41.7 Å². The van der Waals surface area contributed by atoms with Gasteiger partial charge in [-0.05, 0) is 18.2 Å². The molecule has 0 bridgehead atoms. The van der Waals surface area contributed by atoms with Gasteiger partial charge in [-0.2, -0.15) is 13.1 Å². The second-order valence-electron chi connectivity index (χ2n) is 3.00. The molecular formula is C9H9NO6S. The molecule has 0 aliphatic carbocycles. The fraction of sp³-hybridized carbons (Fsp3) is 0. The topological polar surface area (TPSA) is 122 Å². The summed E-state index contributed by atoms with van der Waals surface area (Å²) in [5, 5.41) is 21.2. The fourth-order valence-corrected chi connectivity index (χ4v) is 1.22. The normalized spacial score (nSPS) is 10.7. The van der Waals surface area contributed by atoms with Crippen molar-refractivity contribution in [1.82, 2.24) is 0 Å². The van der Waals surface area contributed by atoms with Crippen LogP contribution in [0.3, 0.4) is 0 Å². The Kier molecular flexibility index (Phi) is 3.84. The molecule has 0 atom stereocenters. The van der Waals surface area contributed by atoms with E-state index in [1.165, 1.54) is 12.3 Å². The number of para-hydroxylation sites is 1. The van der Waals surface area contributed by atoms with Crippen molar-refractivity contribution in [3.63, 3.8) is 0 Å². The van der Waals surface area contributed by atoms with Gasteiger partial charge >= 0.3 is 10.4 Å². The van der Waals surface area contributed by atoms with E-state index in [-0.39, 0.29) is 5.75 Å². The first-order chi connectivity index (χ1) is 7.79. The first-order valence-corrected chi connectivity index (χ1v) is 5.68. The molecule has 0 radical (unpaired) electrons. The lowest BCUT2D eigenvalue weighted by atomic mass is 10.2. The molecule has 1 heterocycles. The predicted octanol–water partition coefficient (Wildman–Crippen LogP) is 0.526. The summed E-state index contributed by atoms with van der Waals surface area (Å²) < 4.78 is 32.2. The molecule has 8 heteroatoms. The maximum absolute atomic E-state index is 11.2. The summed E-state index contributed by atoms with van der Waals surface area (Å²) in [6.07, 6.45) is 1.36. The summed E-state index contributed by atoms with van der Waals surface area (Å²) in [5.41, 5.74) is 0.319. The molecule has 92 valence electrons. The first-order valence-electron chi connectivity index (χ1n) is 4.29. The Balaban J connectivity index is 0.000000249.